The van der Waals surface area contributed by atoms with Gasteiger partial charge in [0.05, 0.1) is 22.8 Å². The third-order valence-electron chi connectivity index (χ3n) is 6.96. The summed E-state index contributed by atoms with van der Waals surface area (Å²) in [4.78, 5) is 17.7. The summed E-state index contributed by atoms with van der Waals surface area (Å²) in [6.45, 7) is 1.63. The molecule has 1 saturated carbocycles. The minimum absolute atomic E-state index is 0.136. The van der Waals surface area contributed by atoms with Crippen LogP contribution in [0, 0.1) is 0 Å². The van der Waals surface area contributed by atoms with Crippen LogP contribution in [0.25, 0.3) is 16.9 Å². The molecule has 6 nitrogen and oxygen atoms in total. The molecule has 3 aromatic heterocycles. The van der Waals surface area contributed by atoms with E-state index in [4.69, 9.17) is 5.10 Å². The number of hydrogen-bond acceptors (Lipinski definition) is 3. The van der Waals surface area contributed by atoms with E-state index < -0.39 is 0 Å². The Morgan fingerprint density at radius 1 is 1.03 bits per heavy atom. The average molecular weight is 406 g/mol. The van der Waals surface area contributed by atoms with Crippen LogP contribution in [0.2, 0.25) is 0 Å². The fourth-order valence-corrected chi connectivity index (χ4v) is 5.12. The Morgan fingerprint density at radius 2 is 1.80 bits per heavy atom. The number of amides is 1. The van der Waals surface area contributed by atoms with Gasteiger partial charge in [0.2, 0.25) is 0 Å². The molecule has 0 N–H and O–H groups in total. The van der Waals surface area contributed by atoms with Gasteiger partial charge in [0.15, 0.2) is 0 Å². The van der Waals surface area contributed by atoms with Crippen LogP contribution >= 0.6 is 0 Å². The number of nitrogens with zero attached hydrogens (tertiary/aromatic N) is 5. The Balaban J connectivity index is 1.45. The third-order valence-corrected chi connectivity index (χ3v) is 6.96. The summed E-state index contributed by atoms with van der Waals surface area (Å²) in [5.74, 6) is 0.136. The monoisotopic (exact) mass is 405 g/mol. The third kappa shape index (κ3) is 3.43. The predicted octanol–water partition coefficient (Wildman–Crippen LogP) is 4.08. The summed E-state index contributed by atoms with van der Waals surface area (Å²) in [6.07, 6.45) is 11.2. The second kappa shape index (κ2) is 7.91. The molecule has 1 amide bonds. The van der Waals surface area contributed by atoms with Crippen LogP contribution in [0.15, 0.2) is 42.7 Å². The van der Waals surface area contributed by atoms with Gasteiger partial charge in [-0.15, -0.1) is 0 Å². The van der Waals surface area contributed by atoms with Crippen molar-refractivity contribution in [3.05, 3.63) is 48.3 Å². The Bertz CT molecular complexity index is 1030. The van der Waals surface area contributed by atoms with E-state index in [0.717, 1.165) is 48.4 Å². The molecule has 0 radical (unpaired) electrons. The minimum Gasteiger partial charge on any atom is -0.338 e. The molecule has 2 fully saturated rings. The second-order valence-electron chi connectivity index (χ2n) is 9.01. The van der Waals surface area contributed by atoms with E-state index in [0.29, 0.717) is 12.1 Å². The molecule has 0 bridgehead atoms. The first-order valence-corrected chi connectivity index (χ1v) is 11.2. The molecular formula is C24H31N5O. The van der Waals surface area contributed by atoms with E-state index in [2.05, 4.69) is 40.3 Å². The van der Waals surface area contributed by atoms with Gasteiger partial charge in [-0.05, 0) is 64.0 Å². The first-order valence-electron chi connectivity index (χ1n) is 11.2. The quantitative estimate of drug-likeness (QED) is 0.657. The van der Waals surface area contributed by atoms with Gasteiger partial charge < -0.3 is 14.2 Å². The molecule has 0 unspecified atom stereocenters. The first kappa shape index (κ1) is 19.4. The highest BCUT2D eigenvalue weighted by atomic mass is 16.2. The zero-order valence-electron chi connectivity index (χ0n) is 18.0. The fraction of sp³-hybridized carbons (Fsp3) is 0.500. The molecule has 4 heterocycles. The lowest BCUT2D eigenvalue weighted by Crippen LogP contribution is -2.44. The number of pyridine rings is 1. The number of aromatic nitrogens is 3. The number of carbonyl (C=O) groups is 1. The van der Waals surface area contributed by atoms with Gasteiger partial charge in [-0.2, -0.15) is 5.10 Å². The topological polar surface area (TPSA) is 45.8 Å². The van der Waals surface area contributed by atoms with Crippen molar-refractivity contribution in [3.63, 3.8) is 0 Å². The van der Waals surface area contributed by atoms with Crippen molar-refractivity contribution < 1.29 is 4.79 Å². The summed E-state index contributed by atoms with van der Waals surface area (Å²) in [7, 11) is 4.25. The largest absolute Gasteiger partial charge is 0.338 e. The fourth-order valence-electron chi connectivity index (χ4n) is 5.12. The molecular weight excluding hydrogens is 374 g/mol. The molecule has 30 heavy (non-hydrogen) atoms. The van der Waals surface area contributed by atoms with Crippen molar-refractivity contribution in [2.24, 2.45) is 0 Å². The molecule has 0 aromatic carbocycles. The van der Waals surface area contributed by atoms with Gasteiger partial charge in [-0.3, -0.25) is 9.48 Å². The highest BCUT2D eigenvalue weighted by molar-refractivity contribution is 6.02. The first-order chi connectivity index (χ1) is 14.6. The average Bonchev–Trinajstić information content (AvgIpc) is 3.52. The van der Waals surface area contributed by atoms with E-state index in [1.807, 2.05) is 35.4 Å². The Hall–Kier alpha value is -2.60. The maximum Gasteiger partial charge on any atom is 0.256 e. The summed E-state index contributed by atoms with van der Waals surface area (Å²) in [6, 6.07) is 11.3. The highest BCUT2D eigenvalue weighted by Gasteiger charge is 2.27. The van der Waals surface area contributed by atoms with Crippen molar-refractivity contribution in [1.82, 2.24) is 24.0 Å². The zero-order chi connectivity index (χ0) is 20.7. The lowest BCUT2D eigenvalue weighted by atomic mass is 10.0. The Morgan fingerprint density at radius 3 is 2.53 bits per heavy atom. The number of hydrogen-bond donors (Lipinski definition) is 0. The van der Waals surface area contributed by atoms with Crippen LogP contribution < -0.4 is 0 Å². The van der Waals surface area contributed by atoms with Crippen molar-refractivity contribution in [3.8, 4) is 11.4 Å². The molecule has 158 valence electrons. The van der Waals surface area contributed by atoms with E-state index in [1.54, 1.807) is 0 Å². The molecule has 0 atom stereocenters. The number of carbonyl (C=O) groups excluding carboxylic acids is 1. The molecule has 5 rings (SSSR count). The molecule has 3 aromatic rings. The van der Waals surface area contributed by atoms with E-state index in [9.17, 15) is 4.79 Å². The van der Waals surface area contributed by atoms with Crippen LogP contribution in [0.5, 0.6) is 0 Å². The van der Waals surface area contributed by atoms with Crippen LogP contribution in [0.1, 0.15) is 54.9 Å². The number of piperidine rings is 1. The molecule has 1 aliphatic carbocycles. The normalized spacial score (nSPS) is 18.7. The maximum atomic E-state index is 13.4. The number of fused-ring (bicyclic) bond motifs is 1. The number of likely N-dealkylation sites (tertiary alicyclic amines) is 1. The SMILES string of the molecule is CN(C)C1CCN(C(=O)c2cc(-c3ccn(C4CCCC4)n3)n3ccccc23)CC1. The van der Waals surface area contributed by atoms with Crippen LogP contribution in [0.3, 0.4) is 0 Å². The standard InChI is InChI=1S/C24H31N5O/c1-26(2)18-10-14-27(15-11-18)24(30)20-17-23(28-13-6-5-9-22(20)28)21-12-16-29(25-21)19-7-3-4-8-19/h5-6,9,12-13,16-19H,3-4,7-8,10-11,14-15H2,1-2H3. The number of rotatable bonds is 4. The van der Waals surface area contributed by atoms with Crippen molar-refractivity contribution in [1.29, 1.82) is 0 Å². The molecule has 2 aliphatic rings. The van der Waals surface area contributed by atoms with Crippen LogP contribution in [-0.2, 0) is 0 Å². The summed E-state index contributed by atoms with van der Waals surface area (Å²) in [5, 5.41) is 4.89. The highest BCUT2D eigenvalue weighted by Crippen LogP contribution is 2.31. The molecule has 0 spiro atoms. The Labute approximate surface area is 178 Å². The molecule has 1 aliphatic heterocycles. The minimum atomic E-state index is 0.136. The molecule has 6 heteroatoms. The van der Waals surface area contributed by atoms with Crippen LogP contribution in [0.4, 0.5) is 0 Å². The van der Waals surface area contributed by atoms with E-state index in [1.165, 1.54) is 25.7 Å². The van der Waals surface area contributed by atoms with E-state index in [-0.39, 0.29) is 5.91 Å². The molecule has 1 saturated heterocycles. The van der Waals surface area contributed by atoms with Gasteiger partial charge in [0.1, 0.15) is 5.69 Å². The smallest absolute Gasteiger partial charge is 0.256 e. The summed E-state index contributed by atoms with van der Waals surface area (Å²) < 4.78 is 4.24. The van der Waals surface area contributed by atoms with Crippen molar-refractivity contribution in [2.45, 2.75) is 50.6 Å². The predicted molar refractivity (Wildman–Crippen MR) is 119 cm³/mol. The zero-order valence-corrected chi connectivity index (χ0v) is 18.0. The van der Waals surface area contributed by atoms with Gasteiger partial charge in [0.25, 0.3) is 5.91 Å². The second-order valence-corrected chi connectivity index (χ2v) is 9.01. The maximum absolute atomic E-state index is 13.4. The Kier molecular flexibility index (Phi) is 5.11. The van der Waals surface area contributed by atoms with Gasteiger partial charge >= 0.3 is 0 Å². The van der Waals surface area contributed by atoms with Gasteiger partial charge in [-0.1, -0.05) is 18.9 Å². The lowest BCUT2D eigenvalue weighted by Gasteiger charge is -2.35. The van der Waals surface area contributed by atoms with Gasteiger partial charge in [0, 0.05) is 31.5 Å². The van der Waals surface area contributed by atoms with Gasteiger partial charge in [-0.25, -0.2) is 0 Å². The summed E-state index contributed by atoms with van der Waals surface area (Å²) in [5.41, 5.74) is 3.68. The lowest BCUT2D eigenvalue weighted by molar-refractivity contribution is 0.0665. The van der Waals surface area contributed by atoms with Crippen molar-refractivity contribution in [2.75, 3.05) is 27.2 Å². The van der Waals surface area contributed by atoms with E-state index >= 15 is 0 Å². The van der Waals surface area contributed by atoms with Crippen LogP contribution in [-0.4, -0.2) is 63.1 Å². The summed E-state index contributed by atoms with van der Waals surface area (Å²) >= 11 is 0. The van der Waals surface area contributed by atoms with Crippen molar-refractivity contribution >= 4 is 11.4 Å².